The van der Waals surface area contributed by atoms with Gasteiger partial charge in [0.1, 0.15) is 5.03 Å². The molecular formula is C9H13N5S. The number of hydrogen-bond donors (Lipinski definition) is 2. The van der Waals surface area contributed by atoms with Crippen LogP contribution < -0.4 is 11.3 Å². The summed E-state index contributed by atoms with van der Waals surface area (Å²) in [7, 11) is 0. The summed E-state index contributed by atoms with van der Waals surface area (Å²) in [6.07, 6.45) is 6.57. The first-order chi connectivity index (χ1) is 7.35. The number of nitrogens with two attached hydrogens (primary N) is 1. The second-order valence-corrected chi connectivity index (χ2v) is 4.17. The summed E-state index contributed by atoms with van der Waals surface area (Å²) in [6, 6.07) is 0. The smallest absolute Gasteiger partial charge is 0.169 e. The van der Waals surface area contributed by atoms with Gasteiger partial charge in [-0.15, -0.1) is 11.8 Å². The van der Waals surface area contributed by atoms with Crippen LogP contribution in [0.25, 0.3) is 5.65 Å². The van der Waals surface area contributed by atoms with Gasteiger partial charge in [0.2, 0.25) is 0 Å². The molecule has 0 aliphatic rings. The number of fused-ring (bicyclic) bond motifs is 1. The minimum Gasteiger partial charge on any atom is -0.307 e. The average Bonchev–Trinajstić information content (AvgIpc) is 2.73. The van der Waals surface area contributed by atoms with Crippen molar-refractivity contribution in [3.63, 3.8) is 0 Å². The molecule has 0 fully saturated rings. The van der Waals surface area contributed by atoms with E-state index < -0.39 is 0 Å². The zero-order valence-corrected chi connectivity index (χ0v) is 9.29. The number of aromatic nitrogens is 3. The van der Waals surface area contributed by atoms with Gasteiger partial charge in [-0.05, 0) is 12.2 Å². The Morgan fingerprint density at radius 2 is 2.47 bits per heavy atom. The zero-order valence-electron chi connectivity index (χ0n) is 8.47. The third kappa shape index (κ3) is 2.05. The van der Waals surface area contributed by atoms with E-state index in [1.54, 1.807) is 18.0 Å². The first-order valence-corrected chi connectivity index (χ1v) is 5.77. The van der Waals surface area contributed by atoms with Crippen molar-refractivity contribution in [1.82, 2.24) is 14.4 Å². The number of nitrogen functional groups attached to an aromatic ring is 1. The molecule has 0 aliphatic heterocycles. The number of rotatable bonds is 4. The average molecular weight is 223 g/mol. The van der Waals surface area contributed by atoms with Crippen molar-refractivity contribution in [3.05, 3.63) is 18.6 Å². The molecule has 0 saturated heterocycles. The van der Waals surface area contributed by atoms with Gasteiger partial charge in [-0.2, -0.15) is 0 Å². The number of hydrazine groups is 1. The Bertz CT molecular complexity index is 453. The molecule has 0 aliphatic carbocycles. The Hall–Kier alpha value is -1.27. The van der Waals surface area contributed by atoms with Crippen molar-refractivity contribution >= 4 is 23.2 Å². The maximum Gasteiger partial charge on any atom is 0.169 e. The third-order valence-electron chi connectivity index (χ3n) is 1.93. The second kappa shape index (κ2) is 4.50. The van der Waals surface area contributed by atoms with Crippen molar-refractivity contribution in [2.45, 2.75) is 18.4 Å². The fourth-order valence-electron chi connectivity index (χ4n) is 1.27. The van der Waals surface area contributed by atoms with Crippen molar-refractivity contribution in [2.24, 2.45) is 5.84 Å². The van der Waals surface area contributed by atoms with Gasteiger partial charge < -0.3 is 9.83 Å². The third-order valence-corrected chi connectivity index (χ3v) is 3.09. The van der Waals surface area contributed by atoms with E-state index in [1.165, 1.54) is 0 Å². The summed E-state index contributed by atoms with van der Waals surface area (Å²) in [5.41, 5.74) is 3.43. The lowest BCUT2D eigenvalue weighted by Gasteiger charge is -2.05. The van der Waals surface area contributed by atoms with Gasteiger partial charge in [-0.3, -0.25) is 0 Å². The standard InChI is InChI=1S/C9H13N5S/c1-2-5-15-9-8-11-3-4-14(8)6-7(12-9)13-10/h3-4,6,13H,2,5,10H2,1H3. The molecule has 0 unspecified atom stereocenters. The van der Waals surface area contributed by atoms with Gasteiger partial charge in [-0.25, -0.2) is 15.8 Å². The molecule has 2 heterocycles. The molecular weight excluding hydrogens is 210 g/mol. The first-order valence-electron chi connectivity index (χ1n) is 4.78. The van der Waals surface area contributed by atoms with E-state index in [-0.39, 0.29) is 0 Å². The number of nitrogens with zero attached hydrogens (tertiary/aromatic N) is 3. The molecule has 0 bridgehead atoms. The van der Waals surface area contributed by atoms with E-state index in [2.05, 4.69) is 22.3 Å². The van der Waals surface area contributed by atoms with E-state index in [9.17, 15) is 0 Å². The molecule has 0 spiro atoms. The van der Waals surface area contributed by atoms with Crippen molar-refractivity contribution in [3.8, 4) is 0 Å². The van der Waals surface area contributed by atoms with Crippen molar-refractivity contribution < 1.29 is 0 Å². The highest BCUT2D eigenvalue weighted by atomic mass is 32.2. The minimum atomic E-state index is 0.652. The van der Waals surface area contributed by atoms with E-state index in [1.807, 2.05) is 16.8 Å². The Morgan fingerprint density at radius 3 is 3.20 bits per heavy atom. The van der Waals surface area contributed by atoms with Crippen LogP contribution in [0.15, 0.2) is 23.6 Å². The predicted molar refractivity (Wildman–Crippen MR) is 61.8 cm³/mol. The molecule has 15 heavy (non-hydrogen) atoms. The van der Waals surface area contributed by atoms with Crippen LogP contribution in [0.2, 0.25) is 0 Å². The highest BCUT2D eigenvalue weighted by Gasteiger charge is 2.06. The fourth-order valence-corrected chi connectivity index (χ4v) is 2.12. The number of nitrogens with one attached hydrogen (secondary N) is 1. The van der Waals surface area contributed by atoms with Crippen LogP contribution in [0.3, 0.4) is 0 Å². The largest absolute Gasteiger partial charge is 0.307 e. The Labute approximate surface area is 92.1 Å². The van der Waals surface area contributed by atoms with Gasteiger partial charge in [0, 0.05) is 12.4 Å². The molecule has 0 amide bonds. The SMILES string of the molecule is CCCSc1nc(NN)cn2ccnc12. The summed E-state index contributed by atoms with van der Waals surface area (Å²) in [6.45, 7) is 2.14. The van der Waals surface area contributed by atoms with Gasteiger partial charge in [0.05, 0.1) is 6.20 Å². The lowest BCUT2D eigenvalue weighted by Crippen LogP contribution is -2.10. The van der Waals surface area contributed by atoms with Crippen LogP contribution in [0.4, 0.5) is 5.82 Å². The van der Waals surface area contributed by atoms with Crippen LogP contribution in [-0.2, 0) is 0 Å². The maximum absolute atomic E-state index is 5.35. The fraction of sp³-hybridized carbons (Fsp3) is 0.333. The Balaban J connectivity index is 2.43. The maximum atomic E-state index is 5.35. The molecule has 0 radical (unpaired) electrons. The summed E-state index contributed by atoms with van der Waals surface area (Å²) < 4.78 is 1.92. The molecule has 6 heteroatoms. The van der Waals surface area contributed by atoms with Crippen LogP contribution in [0, 0.1) is 0 Å². The molecule has 2 rings (SSSR count). The topological polar surface area (TPSA) is 68.2 Å². The zero-order chi connectivity index (χ0) is 10.7. The number of hydrogen-bond acceptors (Lipinski definition) is 5. The Morgan fingerprint density at radius 1 is 1.60 bits per heavy atom. The first kappa shape index (κ1) is 10.3. The molecule has 0 atom stereocenters. The van der Waals surface area contributed by atoms with E-state index in [0.717, 1.165) is 22.8 Å². The number of imidazole rings is 1. The summed E-state index contributed by atoms with van der Waals surface area (Å²) >= 11 is 1.69. The number of thioether (sulfide) groups is 1. The normalized spacial score (nSPS) is 10.8. The van der Waals surface area contributed by atoms with E-state index >= 15 is 0 Å². The molecule has 80 valence electrons. The van der Waals surface area contributed by atoms with Gasteiger partial charge >= 0.3 is 0 Å². The second-order valence-electron chi connectivity index (χ2n) is 3.08. The van der Waals surface area contributed by atoms with Crippen molar-refractivity contribution in [2.75, 3.05) is 11.2 Å². The highest BCUT2D eigenvalue weighted by Crippen LogP contribution is 2.22. The van der Waals surface area contributed by atoms with Crippen molar-refractivity contribution in [1.29, 1.82) is 0 Å². The van der Waals surface area contributed by atoms with Gasteiger partial charge in [0.25, 0.3) is 0 Å². The highest BCUT2D eigenvalue weighted by molar-refractivity contribution is 7.99. The van der Waals surface area contributed by atoms with Gasteiger partial charge in [-0.1, -0.05) is 6.92 Å². The lowest BCUT2D eigenvalue weighted by atomic mass is 10.6. The molecule has 2 aromatic heterocycles. The summed E-state index contributed by atoms with van der Waals surface area (Å²) in [5.74, 6) is 7.03. The van der Waals surface area contributed by atoms with Crippen LogP contribution in [0.5, 0.6) is 0 Å². The Kier molecular flexibility index (Phi) is 3.08. The summed E-state index contributed by atoms with van der Waals surface area (Å²) in [4.78, 5) is 8.63. The van der Waals surface area contributed by atoms with Crippen LogP contribution >= 0.6 is 11.8 Å². The van der Waals surface area contributed by atoms with E-state index in [0.29, 0.717) is 5.82 Å². The van der Waals surface area contributed by atoms with Crippen LogP contribution in [0.1, 0.15) is 13.3 Å². The predicted octanol–water partition coefficient (Wildman–Crippen LogP) is 1.52. The van der Waals surface area contributed by atoms with E-state index in [4.69, 9.17) is 5.84 Å². The summed E-state index contributed by atoms with van der Waals surface area (Å²) in [5, 5.41) is 0.914. The molecule has 3 N–H and O–H groups in total. The molecule has 2 aromatic rings. The minimum absolute atomic E-state index is 0.652. The molecule has 0 saturated carbocycles. The van der Waals surface area contributed by atoms with Crippen LogP contribution in [-0.4, -0.2) is 20.1 Å². The number of anilines is 1. The molecule has 5 nitrogen and oxygen atoms in total. The monoisotopic (exact) mass is 223 g/mol. The quantitative estimate of drug-likeness (QED) is 0.467. The lowest BCUT2D eigenvalue weighted by molar-refractivity contribution is 1.02. The molecule has 0 aromatic carbocycles. The van der Waals surface area contributed by atoms with Gasteiger partial charge in [0.15, 0.2) is 11.5 Å².